The van der Waals surface area contributed by atoms with Crippen molar-refractivity contribution in [2.45, 2.75) is 25.8 Å². The van der Waals surface area contributed by atoms with Gasteiger partial charge in [-0.15, -0.1) is 0 Å². The van der Waals surface area contributed by atoms with Gasteiger partial charge in [0.1, 0.15) is 0 Å². The maximum atomic E-state index is 11.1. The van der Waals surface area contributed by atoms with Gasteiger partial charge >= 0.3 is 6.09 Å². The number of piperidine rings is 1. The van der Waals surface area contributed by atoms with E-state index < -0.39 is 0 Å². The Morgan fingerprint density at radius 2 is 2.15 bits per heavy atom. The second kappa shape index (κ2) is 5.07. The van der Waals surface area contributed by atoms with Crippen molar-refractivity contribution in [3.8, 4) is 0 Å². The first kappa shape index (κ1) is 10.3. The van der Waals surface area contributed by atoms with Crippen molar-refractivity contribution in [1.82, 2.24) is 10.2 Å². The molecule has 4 nitrogen and oxygen atoms in total. The van der Waals surface area contributed by atoms with Crippen LogP contribution in [0, 0.1) is 0 Å². The third-order valence-electron chi connectivity index (χ3n) is 2.42. The number of carbonyl (C=O) groups excluding carboxylic acids is 1. The fourth-order valence-corrected chi connectivity index (χ4v) is 1.68. The minimum absolute atomic E-state index is 0.199. The number of carbonyl (C=O) groups is 1. The summed E-state index contributed by atoms with van der Waals surface area (Å²) in [5.74, 6) is 0. The second-order valence-corrected chi connectivity index (χ2v) is 3.29. The molecule has 1 rings (SSSR count). The second-order valence-electron chi connectivity index (χ2n) is 3.29. The van der Waals surface area contributed by atoms with Crippen LogP contribution in [0.15, 0.2) is 0 Å². The van der Waals surface area contributed by atoms with E-state index >= 15 is 0 Å². The molecule has 1 heterocycles. The Kier molecular flexibility index (Phi) is 4.02. The van der Waals surface area contributed by atoms with E-state index in [9.17, 15) is 4.79 Å². The van der Waals surface area contributed by atoms with Crippen LogP contribution in [0.3, 0.4) is 0 Å². The van der Waals surface area contributed by atoms with Crippen molar-refractivity contribution in [3.05, 3.63) is 0 Å². The van der Waals surface area contributed by atoms with Crippen molar-refractivity contribution in [2.24, 2.45) is 0 Å². The van der Waals surface area contributed by atoms with Gasteiger partial charge in [0.25, 0.3) is 0 Å². The number of rotatable bonds is 2. The summed E-state index contributed by atoms with van der Waals surface area (Å²) in [6.07, 6.45) is 1.86. The summed E-state index contributed by atoms with van der Waals surface area (Å²) in [7, 11) is 1.43. The first-order chi connectivity index (χ1) is 6.27. The highest BCUT2D eigenvalue weighted by Gasteiger charge is 2.21. The van der Waals surface area contributed by atoms with Crippen molar-refractivity contribution < 1.29 is 9.53 Å². The average Bonchev–Trinajstić information content (AvgIpc) is 2.18. The Hall–Kier alpha value is -0.770. The van der Waals surface area contributed by atoms with Gasteiger partial charge in [-0.2, -0.15) is 0 Å². The maximum Gasteiger partial charge on any atom is 0.409 e. The molecular weight excluding hydrogens is 168 g/mol. The molecule has 76 valence electrons. The molecule has 0 unspecified atom stereocenters. The molecule has 1 fully saturated rings. The van der Waals surface area contributed by atoms with Crippen molar-refractivity contribution in [2.75, 3.05) is 26.7 Å². The maximum absolute atomic E-state index is 11.1. The molecule has 1 saturated heterocycles. The predicted molar refractivity (Wildman–Crippen MR) is 50.7 cm³/mol. The Morgan fingerprint density at radius 1 is 1.54 bits per heavy atom. The molecule has 1 N–H and O–H groups in total. The van der Waals surface area contributed by atoms with Crippen LogP contribution in [-0.4, -0.2) is 43.8 Å². The van der Waals surface area contributed by atoms with E-state index in [1.165, 1.54) is 7.11 Å². The van der Waals surface area contributed by atoms with Crippen LogP contribution >= 0.6 is 0 Å². The highest BCUT2D eigenvalue weighted by atomic mass is 16.5. The molecule has 0 atom stereocenters. The minimum Gasteiger partial charge on any atom is -0.453 e. The quantitative estimate of drug-likeness (QED) is 0.694. The van der Waals surface area contributed by atoms with E-state index in [0.717, 1.165) is 32.5 Å². The van der Waals surface area contributed by atoms with Crippen LogP contribution in [0.5, 0.6) is 0 Å². The smallest absolute Gasteiger partial charge is 0.409 e. The lowest BCUT2D eigenvalue weighted by molar-refractivity contribution is 0.110. The molecule has 4 heteroatoms. The summed E-state index contributed by atoms with van der Waals surface area (Å²) in [5, 5.41) is 3.38. The van der Waals surface area contributed by atoms with Crippen molar-refractivity contribution in [1.29, 1.82) is 0 Å². The molecule has 1 aliphatic rings. The zero-order chi connectivity index (χ0) is 9.68. The summed E-state index contributed by atoms with van der Waals surface area (Å²) in [6, 6.07) is 0.575. The number of nitrogens with one attached hydrogen (secondary N) is 1. The van der Waals surface area contributed by atoms with Gasteiger partial charge in [0, 0.05) is 19.1 Å². The predicted octanol–water partition coefficient (Wildman–Crippen LogP) is 0.827. The normalized spacial score (nSPS) is 18.8. The topological polar surface area (TPSA) is 41.6 Å². The molecule has 0 aromatic carbocycles. The molecule has 0 aliphatic carbocycles. The third kappa shape index (κ3) is 2.88. The summed E-state index contributed by atoms with van der Waals surface area (Å²) in [4.78, 5) is 12.9. The first-order valence-electron chi connectivity index (χ1n) is 4.84. The molecular formula is C9H18N2O2. The van der Waals surface area contributed by atoms with Crippen LogP contribution in [-0.2, 0) is 4.74 Å². The highest BCUT2D eigenvalue weighted by Crippen LogP contribution is 2.10. The molecule has 0 aromatic heterocycles. The zero-order valence-electron chi connectivity index (χ0n) is 8.38. The van der Waals surface area contributed by atoms with Gasteiger partial charge in [-0.3, -0.25) is 0 Å². The zero-order valence-corrected chi connectivity index (χ0v) is 8.38. The van der Waals surface area contributed by atoms with Crippen molar-refractivity contribution >= 4 is 6.09 Å². The number of nitrogens with zero attached hydrogens (tertiary/aromatic N) is 1. The van der Waals surface area contributed by atoms with Crippen LogP contribution < -0.4 is 5.32 Å². The number of amides is 1. The van der Waals surface area contributed by atoms with Crippen molar-refractivity contribution in [3.63, 3.8) is 0 Å². The fraction of sp³-hybridized carbons (Fsp3) is 0.889. The Labute approximate surface area is 79.2 Å². The van der Waals surface area contributed by atoms with Gasteiger partial charge in [0.05, 0.1) is 7.11 Å². The molecule has 13 heavy (non-hydrogen) atoms. The van der Waals surface area contributed by atoms with E-state index in [-0.39, 0.29) is 6.09 Å². The van der Waals surface area contributed by atoms with Crippen LogP contribution in [0.2, 0.25) is 0 Å². The lowest BCUT2D eigenvalue weighted by Gasteiger charge is -2.31. The molecule has 1 amide bonds. The van der Waals surface area contributed by atoms with Gasteiger partial charge in [0.15, 0.2) is 0 Å². The van der Waals surface area contributed by atoms with Crippen LogP contribution in [0.1, 0.15) is 19.8 Å². The first-order valence-corrected chi connectivity index (χ1v) is 4.84. The largest absolute Gasteiger partial charge is 0.453 e. The summed E-state index contributed by atoms with van der Waals surface area (Å²) in [6.45, 7) is 4.73. The van der Waals surface area contributed by atoms with E-state index in [0.29, 0.717) is 6.04 Å². The lowest BCUT2D eigenvalue weighted by Crippen LogP contribution is -2.44. The third-order valence-corrected chi connectivity index (χ3v) is 2.42. The molecule has 0 spiro atoms. The van der Waals surface area contributed by atoms with Gasteiger partial charge in [-0.05, 0) is 19.4 Å². The Morgan fingerprint density at radius 3 is 2.62 bits per heavy atom. The van der Waals surface area contributed by atoms with E-state index in [1.54, 1.807) is 4.90 Å². The molecule has 0 aromatic rings. The summed E-state index contributed by atoms with van der Waals surface area (Å²) < 4.78 is 4.65. The SMILES string of the molecule is CCNC1CCN(C(=O)OC)CC1. The standard InChI is InChI=1S/C9H18N2O2/c1-3-10-8-4-6-11(7-5-8)9(12)13-2/h8,10H,3-7H2,1-2H3. The minimum atomic E-state index is -0.199. The lowest BCUT2D eigenvalue weighted by atomic mass is 10.1. The van der Waals surface area contributed by atoms with E-state index in [4.69, 9.17) is 0 Å². The van der Waals surface area contributed by atoms with Gasteiger partial charge < -0.3 is 15.0 Å². The van der Waals surface area contributed by atoms with Crippen LogP contribution in [0.25, 0.3) is 0 Å². The number of ether oxygens (including phenoxy) is 1. The monoisotopic (exact) mass is 186 g/mol. The van der Waals surface area contributed by atoms with Crippen LogP contribution in [0.4, 0.5) is 4.79 Å². The number of hydrogen-bond acceptors (Lipinski definition) is 3. The summed E-state index contributed by atoms with van der Waals surface area (Å²) >= 11 is 0. The Balaban J connectivity index is 2.26. The summed E-state index contributed by atoms with van der Waals surface area (Å²) in [5.41, 5.74) is 0. The van der Waals surface area contributed by atoms with E-state index in [2.05, 4.69) is 17.0 Å². The molecule has 1 aliphatic heterocycles. The van der Waals surface area contributed by atoms with Gasteiger partial charge in [-0.25, -0.2) is 4.79 Å². The average molecular weight is 186 g/mol. The number of hydrogen-bond donors (Lipinski definition) is 1. The number of likely N-dealkylation sites (tertiary alicyclic amines) is 1. The van der Waals surface area contributed by atoms with Gasteiger partial charge in [0.2, 0.25) is 0 Å². The Bertz CT molecular complexity index is 165. The molecule has 0 radical (unpaired) electrons. The highest BCUT2D eigenvalue weighted by molar-refractivity contribution is 5.67. The fourth-order valence-electron chi connectivity index (χ4n) is 1.68. The molecule has 0 saturated carbocycles. The molecule has 0 bridgehead atoms. The van der Waals surface area contributed by atoms with Gasteiger partial charge in [-0.1, -0.05) is 6.92 Å². The van der Waals surface area contributed by atoms with E-state index in [1.807, 2.05) is 0 Å². The number of methoxy groups -OCH3 is 1.